The summed E-state index contributed by atoms with van der Waals surface area (Å²) in [4.78, 5) is 16.5. The lowest BCUT2D eigenvalue weighted by molar-refractivity contribution is 0.104. The predicted molar refractivity (Wildman–Crippen MR) is 106 cm³/mol. The summed E-state index contributed by atoms with van der Waals surface area (Å²) < 4.78 is 14.4. The summed E-state index contributed by atoms with van der Waals surface area (Å²) in [5.41, 5.74) is 2.02. The lowest BCUT2D eigenvalue weighted by Crippen LogP contribution is -2.28. The molecule has 132 valence electrons. The maximum Gasteiger partial charge on any atom is 0.185 e. The van der Waals surface area contributed by atoms with Crippen LogP contribution >= 0.6 is 15.9 Å². The van der Waals surface area contributed by atoms with Gasteiger partial charge in [-0.15, -0.1) is 0 Å². The van der Waals surface area contributed by atoms with Crippen molar-refractivity contribution in [1.82, 2.24) is 4.90 Å². The first-order chi connectivity index (χ1) is 11.9. The number of carbonyl (C=O) groups excluding carboxylic acids is 1. The van der Waals surface area contributed by atoms with E-state index in [0.29, 0.717) is 15.6 Å². The van der Waals surface area contributed by atoms with Crippen molar-refractivity contribution in [3.63, 3.8) is 0 Å². The van der Waals surface area contributed by atoms with Gasteiger partial charge in [0.15, 0.2) is 5.78 Å². The standard InChI is InChI=1S/C20H22BrFN2O/c1-23(2)12-13-24(3)18-9-5-16(6-10-18)20(25)11-7-15-4-8-17(21)14-19(15)22/h4-11,14H,12-13H2,1-3H3. The third-order valence-electron chi connectivity index (χ3n) is 3.85. The zero-order valence-electron chi connectivity index (χ0n) is 14.7. The molecule has 0 saturated heterocycles. The first-order valence-corrected chi connectivity index (χ1v) is 8.79. The number of nitrogens with zero attached hydrogens (tertiary/aromatic N) is 2. The van der Waals surface area contributed by atoms with E-state index in [1.807, 2.05) is 33.3 Å². The number of ketones is 1. The summed E-state index contributed by atoms with van der Waals surface area (Å²) in [5, 5.41) is 0. The van der Waals surface area contributed by atoms with E-state index in [1.54, 1.807) is 24.3 Å². The van der Waals surface area contributed by atoms with Gasteiger partial charge >= 0.3 is 0 Å². The van der Waals surface area contributed by atoms with Gasteiger partial charge in [0.05, 0.1) is 0 Å². The van der Waals surface area contributed by atoms with Crippen LogP contribution in [0.1, 0.15) is 15.9 Å². The van der Waals surface area contributed by atoms with Crippen molar-refractivity contribution in [1.29, 1.82) is 0 Å². The summed E-state index contributed by atoms with van der Waals surface area (Å²) in [6.45, 7) is 1.86. The summed E-state index contributed by atoms with van der Waals surface area (Å²) in [6.07, 6.45) is 2.90. The van der Waals surface area contributed by atoms with Crippen LogP contribution in [0.2, 0.25) is 0 Å². The predicted octanol–water partition coefficient (Wildman–Crippen LogP) is 4.48. The van der Waals surface area contributed by atoms with Gasteiger partial charge in [-0.3, -0.25) is 4.79 Å². The largest absolute Gasteiger partial charge is 0.373 e. The Morgan fingerprint density at radius 2 is 1.76 bits per heavy atom. The van der Waals surface area contributed by atoms with Gasteiger partial charge in [0.25, 0.3) is 0 Å². The van der Waals surface area contributed by atoms with Gasteiger partial charge in [0.1, 0.15) is 5.82 Å². The minimum absolute atomic E-state index is 0.148. The number of halogens is 2. The molecule has 2 aromatic rings. The Morgan fingerprint density at radius 1 is 1.08 bits per heavy atom. The molecule has 0 spiro atoms. The fraction of sp³-hybridized carbons (Fsp3) is 0.250. The number of anilines is 1. The summed E-state index contributed by atoms with van der Waals surface area (Å²) in [6, 6.07) is 12.2. The molecular formula is C20H22BrFN2O. The van der Waals surface area contributed by atoms with Crippen LogP contribution in [0.4, 0.5) is 10.1 Å². The molecule has 3 nitrogen and oxygen atoms in total. The van der Waals surface area contributed by atoms with E-state index in [2.05, 4.69) is 25.7 Å². The van der Waals surface area contributed by atoms with Crippen LogP contribution < -0.4 is 4.90 Å². The minimum atomic E-state index is -0.365. The highest BCUT2D eigenvalue weighted by Gasteiger charge is 2.06. The summed E-state index contributed by atoms with van der Waals surface area (Å²) >= 11 is 3.21. The molecule has 0 unspecified atom stereocenters. The van der Waals surface area contributed by atoms with Gasteiger partial charge < -0.3 is 9.80 Å². The van der Waals surface area contributed by atoms with Crippen LogP contribution in [0.15, 0.2) is 53.0 Å². The van der Waals surface area contributed by atoms with E-state index >= 15 is 0 Å². The molecule has 25 heavy (non-hydrogen) atoms. The first-order valence-electron chi connectivity index (χ1n) is 8.00. The molecule has 0 aliphatic heterocycles. The highest BCUT2D eigenvalue weighted by molar-refractivity contribution is 9.10. The van der Waals surface area contributed by atoms with Crippen molar-refractivity contribution in [2.24, 2.45) is 0 Å². The average molecular weight is 405 g/mol. The highest BCUT2D eigenvalue weighted by atomic mass is 79.9. The second kappa shape index (κ2) is 8.92. The van der Waals surface area contributed by atoms with Gasteiger partial charge in [0, 0.05) is 41.4 Å². The van der Waals surface area contributed by atoms with Crippen LogP contribution in [0, 0.1) is 5.82 Å². The lowest BCUT2D eigenvalue weighted by Gasteiger charge is -2.21. The molecule has 2 aromatic carbocycles. The second-order valence-corrected chi connectivity index (χ2v) is 7.05. The van der Waals surface area contributed by atoms with Gasteiger partial charge in [0.2, 0.25) is 0 Å². The van der Waals surface area contributed by atoms with Crippen molar-refractivity contribution in [3.8, 4) is 0 Å². The first kappa shape index (κ1) is 19.3. The van der Waals surface area contributed by atoms with E-state index in [0.717, 1.165) is 18.8 Å². The molecule has 5 heteroatoms. The zero-order valence-corrected chi connectivity index (χ0v) is 16.3. The van der Waals surface area contributed by atoms with Crippen LogP contribution in [-0.2, 0) is 0 Å². The van der Waals surface area contributed by atoms with E-state index in [-0.39, 0.29) is 11.6 Å². The molecule has 0 aliphatic rings. The number of rotatable bonds is 7. The quantitative estimate of drug-likeness (QED) is 0.501. The van der Waals surface area contributed by atoms with Crippen molar-refractivity contribution < 1.29 is 9.18 Å². The molecule has 0 atom stereocenters. The monoisotopic (exact) mass is 404 g/mol. The van der Waals surface area contributed by atoms with Crippen molar-refractivity contribution >= 4 is 33.5 Å². The molecule has 0 radical (unpaired) electrons. The van der Waals surface area contributed by atoms with Crippen LogP contribution in [0.3, 0.4) is 0 Å². The number of hydrogen-bond donors (Lipinski definition) is 0. The van der Waals surface area contributed by atoms with Gasteiger partial charge in [-0.1, -0.05) is 22.0 Å². The fourth-order valence-electron chi connectivity index (χ4n) is 2.26. The van der Waals surface area contributed by atoms with Crippen molar-refractivity contribution in [2.45, 2.75) is 0 Å². The lowest BCUT2D eigenvalue weighted by atomic mass is 10.1. The normalized spacial score (nSPS) is 11.3. The third kappa shape index (κ3) is 5.80. The van der Waals surface area contributed by atoms with Crippen LogP contribution in [-0.4, -0.2) is 44.9 Å². The topological polar surface area (TPSA) is 23.6 Å². The molecule has 0 heterocycles. The number of hydrogen-bond acceptors (Lipinski definition) is 3. The molecule has 0 aromatic heterocycles. The minimum Gasteiger partial charge on any atom is -0.373 e. The van der Waals surface area contributed by atoms with Crippen molar-refractivity contribution in [3.05, 3.63) is 70.0 Å². The second-order valence-electron chi connectivity index (χ2n) is 6.14. The van der Waals surface area contributed by atoms with Gasteiger partial charge in [-0.05, 0) is 62.6 Å². The molecular weight excluding hydrogens is 383 g/mol. The van der Waals surface area contributed by atoms with Crippen LogP contribution in [0.25, 0.3) is 6.08 Å². The fourth-order valence-corrected chi connectivity index (χ4v) is 2.59. The molecule has 0 N–H and O–H groups in total. The molecule has 0 bridgehead atoms. The maximum atomic E-state index is 13.8. The highest BCUT2D eigenvalue weighted by Crippen LogP contribution is 2.18. The number of likely N-dealkylation sites (N-methyl/N-ethyl adjacent to an activating group) is 2. The van der Waals surface area contributed by atoms with E-state index < -0.39 is 0 Å². The zero-order chi connectivity index (χ0) is 18.4. The number of carbonyl (C=O) groups is 1. The smallest absolute Gasteiger partial charge is 0.185 e. The molecule has 0 amide bonds. The SMILES string of the molecule is CN(C)CCN(C)c1ccc(C(=O)C=Cc2ccc(Br)cc2F)cc1. The van der Waals surface area contributed by atoms with E-state index in [9.17, 15) is 9.18 Å². The van der Waals surface area contributed by atoms with E-state index in [4.69, 9.17) is 0 Å². The third-order valence-corrected chi connectivity index (χ3v) is 4.35. The number of allylic oxidation sites excluding steroid dienone is 1. The van der Waals surface area contributed by atoms with Crippen molar-refractivity contribution in [2.75, 3.05) is 39.1 Å². The Bertz CT molecular complexity index is 757. The van der Waals surface area contributed by atoms with E-state index in [1.165, 1.54) is 18.2 Å². The van der Waals surface area contributed by atoms with Crippen LogP contribution in [0.5, 0.6) is 0 Å². The Balaban J connectivity index is 2.03. The summed E-state index contributed by atoms with van der Waals surface area (Å²) in [7, 11) is 6.10. The Hall–Kier alpha value is -1.98. The van der Waals surface area contributed by atoms with Gasteiger partial charge in [-0.2, -0.15) is 0 Å². The summed E-state index contributed by atoms with van der Waals surface area (Å²) in [5.74, 6) is -0.513. The van der Waals surface area contributed by atoms with Gasteiger partial charge in [-0.25, -0.2) is 4.39 Å². The Kier molecular flexibility index (Phi) is 6.91. The Morgan fingerprint density at radius 3 is 2.36 bits per heavy atom. The average Bonchev–Trinajstić information content (AvgIpc) is 2.58. The number of benzene rings is 2. The molecule has 0 fully saturated rings. The maximum absolute atomic E-state index is 13.8. The Labute approximate surface area is 156 Å². The molecule has 2 rings (SSSR count). The molecule has 0 aliphatic carbocycles. The molecule has 0 saturated carbocycles.